The second-order valence-electron chi connectivity index (χ2n) is 2.23. The van der Waals surface area contributed by atoms with Crippen LogP contribution in [0.3, 0.4) is 0 Å². The van der Waals surface area contributed by atoms with Crippen molar-refractivity contribution in [1.29, 1.82) is 0 Å². The summed E-state index contributed by atoms with van der Waals surface area (Å²) < 4.78 is 0. The quantitative estimate of drug-likeness (QED) is 0.522. The Labute approximate surface area is 69.6 Å². The van der Waals surface area contributed by atoms with E-state index in [0.717, 1.165) is 18.4 Å². The van der Waals surface area contributed by atoms with Gasteiger partial charge in [0.25, 0.3) is 0 Å². The van der Waals surface area contributed by atoms with E-state index in [9.17, 15) is 0 Å². The fourth-order valence-corrected chi connectivity index (χ4v) is 0.591. The average Bonchev–Trinajstić information content (AvgIpc) is 2.04. The summed E-state index contributed by atoms with van der Waals surface area (Å²) in [5, 5.41) is 0. The van der Waals surface area contributed by atoms with Crippen LogP contribution in [-0.4, -0.2) is 0 Å². The Bertz CT molecular complexity index is 170. The van der Waals surface area contributed by atoms with Crippen LogP contribution in [0.15, 0.2) is 42.5 Å². The Morgan fingerprint density at radius 3 is 2.73 bits per heavy atom. The largest absolute Gasteiger partial charge is 0.0991 e. The monoisotopic (exact) mass is 147 g/mol. The predicted molar refractivity (Wildman–Crippen MR) is 51.2 cm³/mol. The molecule has 0 aromatic carbocycles. The molecule has 0 rings (SSSR count). The van der Waals surface area contributed by atoms with Crippen molar-refractivity contribution in [2.45, 2.75) is 19.8 Å². The molecule has 0 aromatic rings. The van der Waals surface area contributed by atoms with Crippen molar-refractivity contribution in [1.82, 2.24) is 0 Å². The minimum absolute atomic E-state index is 0.918. The van der Waals surface area contributed by atoms with Crippen molar-refractivity contribution in [2.24, 2.45) is 0 Å². The maximum Gasteiger partial charge on any atom is -0.0163 e. The highest BCUT2D eigenvalue weighted by molar-refractivity contribution is 5.13. The third-order valence-electron chi connectivity index (χ3n) is 1.28. The van der Waals surface area contributed by atoms with E-state index in [1.165, 1.54) is 0 Å². The Hall–Kier alpha value is -1.04. The molecule has 59 valence electrons. The highest BCUT2D eigenvalue weighted by atomic mass is 13.8. The molecular weight excluding hydrogens is 132 g/mol. The fraction of sp³-hybridized carbons (Fsp3) is 0.273. The lowest BCUT2D eigenvalue weighted by atomic mass is 10.2. The lowest BCUT2D eigenvalue weighted by Crippen LogP contribution is -1.68. The van der Waals surface area contributed by atoms with E-state index in [0.29, 0.717) is 0 Å². The van der Waals surface area contributed by atoms with Crippen molar-refractivity contribution in [2.75, 3.05) is 0 Å². The second-order valence-corrected chi connectivity index (χ2v) is 2.23. The second kappa shape index (κ2) is 7.07. The minimum Gasteiger partial charge on any atom is -0.0991 e. The van der Waals surface area contributed by atoms with Crippen LogP contribution in [0, 0.1) is 6.58 Å². The zero-order valence-corrected chi connectivity index (χ0v) is 7.09. The molecule has 0 aliphatic carbocycles. The molecule has 0 aliphatic rings. The molecule has 0 saturated heterocycles. The summed E-state index contributed by atoms with van der Waals surface area (Å²) >= 11 is 0. The number of hydrogen-bond donors (Lipinski definition) is 0. The van der Waals surface area contributed by atoms with Gasteiger partial charge in [-0.2, -0.15) is 0 Å². The van der Waals surface area contributed by atoms with E-state index in [2.05, 4.69) is 6.58 Å². The van der Waals surface area contributed by atoms with Gasteiger partial charge in [-0.05, 0) is 18.4 Å². The van der Waals surface area contributed by atoms with Gasteiger partial charge < -0.3 is 0 Å². The van der Waals surface area contributed by atoms with Gasteiger partial charge in [-0.15, -0.1) is 0 Å². The molecule has 0 saturated carbocycles. The van der Waals surface area contributed by atoms with Gasteiger partial charge in [0, 0.05) is 0 Å². The van der Waals surface area contributed by atoms with Gasteiger partial charge in [0.05, 0.1) is 0 Å². The van der Waals surface area contributed by atoms with Gasteiger partial charge in [-0.3, -0.25) is 0 Å². The van der Waals surface area contributed by atoms with Crippen molar-refractivity contribution >= 4 is 0 Å². The topological polar surface area (TPSA) is 0 Å². The van der Waals surface area contributed by atoms with Gasteiger partial charge >= 0.3 is 0 Å². The fourth-order valence-electron chi connectivity index (χ4n) is 0.591. The molecule has 0 fully saturated rings. The molecule has 0 nitrogen and oxygen atoms in total. The van der Waals surface area contributed by atoms with Crippen LogP contribution in [0.2, 0.25) is 0 Å². The normalized spacial score (nSPS) is 11.0. The summed E-state index contributed by atoms with van der Waals surface area (Å²) in [6.45, 7) is 11.2. The molecule has 0 aromatic heterocycles. The third kappa shape index (κ3) is 6.85. The van der Waals surface area contributed by atoms with Crippen LogP contribution in [0.5, 0.6) is 0 Å². The summed E-state index contributed by atoms with van der Waals surface area (Å²) in [5.74, 6) is 0. The molecule has 1 radical (unpaired) electrons. The molecule has 0 bridgehead atoms. The smallest absolute Gasteiger partial charge is 0.0163 e. The lowest BCUT2D eigenvalue weighted by Gasteiger charge is -1.88. The van der Waals surface area contributed by atoms with Gasteiger partial charge in [0.15, 0.2) is 0 Å². The van der Waals surface area contributed by atoms with Crippen molar-refractivity contribution in [3.63, 3.8) is 0 Å². The highest BCUT2D eigenvalue weighted by Gasteiger charge is 1.78. The Morgan fingerprint density at radius 2 is 2.18 bits per heavy atom. The average molecular weight is 147 g/mol. The van der Waals surface area contributed by atoms with E-state index in [1.807, 2.05) is 31.2 Å². The van der Waals surface area contributed by atoms with Crippen LogP contribution in [0.4, 0.5) is 0 Å². The third-order valence-corrected chi connectivity index (χ3v) is 1.28. The number of hydrogen-bond acceptors (Lipinski definition) is 0. The van der Waals surface area contributed by atoms with Crippen molar-refractivity contribution in [3.8, 4) is 0 Å². The summed E-state index contributed by atoms with van der Waals surface area (Å²) in [6.07, 6.45) is 11.6. The standard InChI is InChI=1S/C11H15/c1-4-6-7-8-9-10-11(3)5-2/h3-4,6-7,9-10H,1,5,8H2,2H3. The first-order chi connectivity index (χ1) is 5.31. The van der Waals surface area contributed by atoms with E-state index in [4.69, 9.17) is 6.58 Å². The molecule has 0 unspecified atom stereocenters. The predicted octanol–water partition coefficient (Wildman–Crippen LogP) is 3.44. The molecular formula is C11H15. The van der Waals surface area contributed by atoms with Crippen LogP contribution < -0.4 is 0 Å². The van der Waals surface area contributed by atoms with E-state index < -0.39 is 0 Å². The van der Waals surface area contributed by atoms with Crippen molar-refractivity contribution < 1.29 is 0 Å². The van der Waals surface area contributed by atoms with Gasteiger partial charge in [-0.1, -0.05) is 50.5 Å². The Morgan fingerprint density at radius 1 is 1.45 bits per heavy atom. The van der Waals surface area contributed by atoms with E-state index in [1.54, 1.807) is 6.08 Å². The summed E-state index contributed by atoms with van der Waals surface area (Å²) in [5.41, 5.74) is 0.928. The highest BCUT2D eigenvalue weighted by Crippen LogP contribution is 1.98. The number of rotatable bonds is 5. The van der Waals surface area contributed by atoms with Crippen LogP contribution in [0.25, 0.3) is 0 Å². The molecule has 0 aliphatic heterocycles. The van der Waals surface area contributed by atoms with Gasteiger partial charge in [0.1, 0.15) is 0 Å². The van der Waals surface area contributed by atoms with E-state index >= 15 is 0 Å². The Kier molecular flexibility index (Phi) is 6.40. The van der Waals surface area contributed by atoms with Gasteiger partial charge in [0.2, 0.25) is 0 Å². The molecule has 0 atom stereocenters. The first-order valence-corrected chi connectivity index (χ1v) is 3.86. The molecule has 0 spiro atoms. The first-order valence-electron chi connectivity index (χ1n) is 3.86. The summed E-state index contributed by atoms with van der Waals surface area (Å²) in [4.78, 5) is 0. The zero-order chi connectivity index (χ0) is 8.53. The van der Waals surface area contributed by atoms with Crippen molar-refractivity contribution in [3.05, 3.63) is 49.1 Å². The zero-order valence-electron chi connectivity index (χ0n) is 7.09. The molecule has 0 N–H and O–H groups in total. The summed E-state index contributed by atoms with van der Waals surface area (Å²) in [6, 6.07) is 0. The Balaban J connectivity index is 3.52. The minimum atomic E-state index is 0.918. The molecule has 0 heterocycles. The number of allylic oxidation sites excluding steroid dienone is 6. The van der Waals surface area contributed by atoms with Crippen LogP contribution >= 0.6 is 0 Å². The summed E-state index contributed by atoms with van der Waals surface area (Å²) in [7, 11) is 0. The maximum atomic E-state index is 5.57. The van der Waals surface area contributed by atoms with Gasteiger partial charge in [-0.25, -0.2) is 0 Å². The first kappa shape index (κ1) is 9.96. The lowest BCUT2D eigenvalue weighted by molar-refractivity contribution is 1.15. The SMILES string of the molecule is [CH]=C(C=CCC=CC=C)CC. The molecule has 0 heteroatoms. The molecule has 11 heavy (non-hydrogen) atoms. The molecule has 0 amide bonds. The van der Waals surface area contributed by atoms with Crippen LogP contribution in [0.1, 0.15) is 19.8 Å². The van der Waals surface area contributed by atoms with E-state index in [-0.39, 0.29) is 0 Å². The van der Waals surface area contributed by atoms with Crippen LogP contribution in [-0.2, 0) is 0 Å². The maximum absolute atomic E-state index is 5.57.